The Kier molecular flexibility index (Phi) is 9.30. The van der Waals surface area contributed by atoms with Gasteiger partial charge in [-0.05, 0) is 18.1 Å². The Hall–Kier alpha value is -1.13. The largest absolute Gasteiger partial charge is 0.390 e. The molecule has 3 nitrogen and oxygen atoms in total. The number of alkyl halides is 3. The van der Waals surface area contributed by atoms with E-state index < -0.39 is 24.2 Å². The molecule has 0 heterocycles. The van der Waals surface area contributed by atoms with Crippen LogP contribution in [-0.2, 0) is 6.42 Å². The Labute approximate surface area is 142 Å². The molecule has 2 N–H and O–H groups in total. The summed E-state index contributed by atoms with van der Waals surface area (Å²) in [5.41, 5.74) is 0.188. The number of halogens is 6. The van der Waals surface area contributed by atoms with Gasteiger partial charge < -0.3 is 10.6 Å². The smallest absolute Gasteiger partial charge is 0.356 e. The zero-order valence-electron chi connectivity index (χ0n) is 11.8. The summed E-state index contributed by atoms with van der Waals surface area (Å²) in [5, 5.41) is 5.22. The van der Waals surface area contributed by atoms with E-state index in [0.29, 0.717) is 0 Å². The first-order chi connectivity index (χ1) is 9.83. The molecule has 0 saturated carbocycles. The average molecular weight is 437 g/mol. The number of benzene rings is 1. The lowest BCUT2D eigenvalue weighted by molar-refractivity contribution is -0.132. The van der Waals surface area contributed by atoms with Crippen LogP contribution < -0.4 is 10.6 Å². The Morgan fingerprint density at radius 1 is 1.14 bits per heavy atom. The average Bonchev–Trinajstić information content (AvgIpc) is 2.40. The van der Waals surface area contributed by atoms with Crippen molar-refractivity contribution in [2.45, 2.75) is 19.0 Å². The van der Waals surface area contributed by atoms with E-state index >= 15 is 0 Å². The fraction of sp³-hybridized carbons (Fsp3) is 0.462. The molecule has 1 aromatic rings. The Morgan fingerprint density at radius 3 is 2.36 bits per heavy atom. The van der Waals surface area contributed by atoms with E-state index in [-0.39, 0.29) is 55.0 Å². The minimum absolute atomic E-state index is 0. The first-order valence-corrected chi connectivity index (χ1v) is 6.27. The predicted octanol–water partition coefficient (Wildman–Crippen LogP) is 3.24. The maximum absolute atomic E-state index is 13.4. The zero-order valence-corrected chi connectivity index (χ0v) is 14.1. The molecule has 0 fully saturated rings. The van der Waals surface area contributed by atoms with Crippen LogP contribution in [0.5, 0.6) is 0 Å². The molecule has 9 heteroatoms. The first kappa shape index (κ1) is 20.9. The topological polar surface area (TPSA) is 36.4 Å². The van der Waals surface area contributed by atoms with Crippen molar-refractivity contribution in [2.75, 3.05) is 20.1 Å². The van der Waals surface area contributed by atoms with Crippen molar-refractivity contribution < 1.29 is 22.0 Å². The lowest BCUT2D eigenvalue weighted by Gasteiger charge is -2.13. The molecule has 0 saturated heterocycles. The number of nitrogens with one attached hydrogen (secondary N) is 2. The van der Waals surface area contributed by atoms with Crippen molar-refractivity contribution in [2.24, 2.45) is 4.99 Å². The van der Waals surface area contributed by atoms with Crippen molar-refractivity contribution in [1.29, 1.82) is 0 Å². The number of guanidine groups is 1. The highest BCUT2D eigenvalue weighted by Gasteiger charge is 2.26. The third-order valence-electron chi connectivity index (χ3n) is 2.64. The van der Waals surface area contributed by atoms with Gasteiger partial charge in [0.1, 0.15) is 0 Å². The van der Waals surface area contributed by atoms with Gasteiger partial charge in [-0.15, -0.1) is 24.0 Å². The monoisotopic (exact) mass is 437 g/mol. The molecule has 0 aromatic heterocycles. The lowest BCUT2D eigenvalue weighted by Crippen LogP contribution is -2.39. The van der Waals surface area contributed by atoms with Crippen LogP contribution in [0.25, 0.3) is 0 Å². The van der Waals surface area contributed by atoms with Crippen LogP contribution in [0.15, 0.2) is 23.2 Å². The molecular formula is C13H17F5IN3. The van der Waals surface area contributed by atoms with Crippen LogP contribution in [0.4, 0.5) is 22.0 Å². The summed E-state index contributed by atoms with van der Waals surface area (Å²) >= 11 is 0. The molecule has 0 aliphatic heterocycles. The van der Waals surface area contributed by atoms with Gasteiger partial charge in [-0.25, -0.2) is 8.78 Å². The van der Waals surface area contributed by atoms with Gasteiger partial charge in [0.15, 0.2) is 17.6 Å². The van der Waals surface area contributed by atoms with Gasteiger partial charge in [0.05, 0.1) is 6.42 Å². The fourth-order valence-corrected chi connectivity index (χ4v) is 1.60. The number of nitrogens with zero attached hydrogens (tertiary/aromatic N) is 1. The second kappa shape index (κ2) is 9.80. The molecule has 0 amide bonds. The van der Waals surface area contributed by atoms with E-state index in [1.807, 2.05) is 0 Å². The summed E-state index contributed by atoms with van der Waals surface area (Å²) in [6, 6.07) is 3.86. The summed E-state index contributed by atoms with van der Waals surface area (Å²) in [6.07, 6.45) is -5.04. The zero-order chi connectivity index (χ0) is 15.9. The first-order valence-electron chi connectivity index (χ1n) is 6.27. The maximum Gasteiger partial charge on any atom is 0.390 e. The van der Waals surface area contributed by atoms with Gasteiger partial charge in [0.2, 0.25) is 0 Å². The summed E-state index contributed by atoms with van der Waals surface area (Å²) in [4.78, 5) is 3.74. The molecule has 0 bridgehead atoms. The minimum Gasteiger partial charge on any atom is -0.356 e. The maximum atomic E-state index is 13.4. The van der Waals surface area contributed by atoms with Gasteiger partial charge in [-0.3, -0.25) is 4.99 Å². The second-order valence-electron chi connectivity index (χ2n) is 4.25. The summed E-state index contributed by atoms with van der Waals surface area (Å²) in [5.74, 6) is -1.67. The number of rotatable bonds is 5. The van der Waals surface area contributed by atoms with Crippen LogP contribution in [0.1, 0.15) is 12.0 Å². The van der Waals surface area contributed by atoms with Crippen LogP contribution in [0.3, 0.4) is 0 Å². The molecule has 0 radical (unpaired) electrons. The second-order valence-corrected chi connectivity index (χ2v) is 4.25. The Balaban J connectivity index is 0.00000441. The lowest BCUT2D eigenvalue weighted by atomic mass is 10.1. The third-order valence-corrected chi connectivity index (χ3v) is 2.64. The predicted molar refractivity (Wildman–Crippen MR) is 85.5 cm³/mol. The number of hydrogen-bond acceptors (Lipinski definition) is 1. The van der Waals surface area contributed by atoms with Gasteiger partial charge in [-0.1, -0.05) is 12.1 Å². The minimum atomic E-state index is -4.24. The molecule has 0 aliphatic carbocycles. The van der Waals surface area contributed by atoms with E-state index in [2.05, 4.69) is 15.6 Å². The van der Waals surface area contributed by atoms with Gasteiger partial charge in [0.25, 0.3) is 0 Å². The van der Waals surface area contributed by atoms with Gasteiger partial charge in [0, 0.05) is 20.1 Å². The highest BCUT2D eigenvalue weighted by Crippen LogP contribution is 2.18. The summed E-state index contributed by atoms with van der Waals surface area (Å²) in [7, 11) is 1.41. The number of aliphatic imine (C=N–C) groups is 1. The molecule has 1 rings (SSSR count). The number of hydrogen-bond donors (Lipinski definition) is 2. The van der Waals surface area contributed by atoms with E-state index in [1.54, 1.807) is 0 Å². The molecule has 0 aliphatic rings. The van der Waals surface area contributed by atoms with Crippen LogP contribution in [0, 0.1) is 11.6 Å². The SMILES string of the molecule is CN=C(NCCc1cccc(F)c1F)NCCC(F)(F)F.I. The standard InChI is InChI=1S/C13H16F5N3.HI/c1-19-12(21-8-6-13(16,17)18)20-7-5-9-3-2-4-10(14)11(9)15;/h2-4H,5-8H2,1H3,(H2,19,20,21);1H. The quantitative estimate of drug-likeness (QED) is 0.321. The van der Waals surface area contributed by atoms with Crippen LogP contribution in [-0.4, -0.2) is 32.3 Å². The molecular weight excluding hydrogens is 420 g/mol. The van der Waals surface area contributed by atoms with Gasteiger partial charge in [-0.2, -0.15) is 13.2 Å². The Morgan fingerprint density at radius 2 is 1.77 bits per heavy atom. The van der Waals surface area contributed by atoms with Crippen molar-refractivity contribution >= 4 is 29.9 Å². The Bertz CT molecular complexity index is 491. The van der Waals surface area contributed by atoms with Crippen molar-refractivity contribution in [3.05, 3.63) is 35.4 Å². The molecule has 22 heavy (non-hydrogen) atoms. The molecule has 0 unspecified atom stereocenters. The summed E-state index contributed by atoms with van der Waals surface area (Å²) < 4.78 is 62.3. The van der Waals surface area contributed by atoms with E-state index in [1.165, 1.54) is 19.2 Å². The molecule has 126 valence electrons. The van der Waals surface area contributed by atoms with E-state index in [9.17, 15) is 22.0 Å². The highest BCUT2D eigenvalue weighted by molar-refractivity contribution is 14.0. The third kappa shape index (κ3) is 7.76. The van der Waals surface area contributed by atoms with Crippen LogP contribution >= 0.6 is 24.0 Å². The summed E-state index contributed by atoms with van der Waals surface area (Å²) in [6.45, 7) is -0.0937. The van der Waals surface area contributed by atoms with Crippen LogP contribution in [0.2, 0.25) is 0 Å². The fourth-order valence-electron chi connectivity index (χ4n) is 1.60. The highest BCUT2D eigenvalue weighted by atomic mass is 127. The van der Waals surface area contributed by atoms with Gasteiger partial charge >= 0.3 is 6.18 Å². The van der Waals surface area contributed by atoms with E-state index in [0.717, 1.165) is 6.07 Å². The van der Waals surface area contributed by atoms with Crippen molar-refractivity contribution in [1.82, 2.24) is 10.6 Å². The van der Waals surface area contributed by atoms with Crippen molar-refractivity contribution in [3.63, 3.8) is 0 Å². The van der Waals surface area contributed by atoms with Crippen molar-refractivity contribution in [3.8, 4) is 0 Å². The molecule has 1 aromatic carbocycles. The molecule has 0 spiro atoms. The van der Waals surface area contributed by atoms with E-state index in [4.69, 9.17) is 0 Å². The normalized spacial score (nSPS) is 11.8. The molecule has 0 atom stereocenters.